The van der Waals surface area contributed by atoms with Gasteiger partial charge in [-0.15, -0.1) is 0 Å². The molecule has 0 saturated heterocycles. The standard InChI is InChI=1S/C25H25N5O3S/c1-33-23-11-10-20(17-28-23)25(21-8-3-9-22(29-21)30-34(2,31)32)24(19-7-5-14-27-16-19)18-6-4-13-26-15-12-18/h3-14,16-17,24-25H,15H2,1-2H3,(H,29,30). The van der Waals surface area contributed by atoms with Crippen molar-refractivity contribution >= 4 is 22.1 Å². The number of ether oxygens (including phenoxy) is 1. The maximum Gasteiger partial charge on any atom is 0.230 e. The summed E-state index contributed by atoms with van der Waals surface area (Å²) < 4.78 is 31.4. The van der Waals surface area contributed by atoms with E-state index >= 15 is 0 Å². The SMILES string of the molecule is COc1ccc(C(c2cccc(NS(C)(=O)=O)n2)C(C2=CCN=CC=C2)c2cccnc2)cn1. The highest BCUT2D eigenvalue weighted by Gasteiger charge is 2.31. The van der Waals surface area contributed by atoms with Crippen LogP contribution in [-0.4, -0.2) is 49.5 Å². The first-order valence-corrected chi connectivity index (χ1v) is 12.5. The quantitative estimate of drug-likeness (QED) is 0.532. The Bertz CT molecular complexity index is 1320. The first kappa shape index (κ1) is 23.3. The van der Waals surface area contributed by atoms with Crippen molar-refractivity contribution in [1.82, 2.24) is 15.0 Å². The number of methoxy groups -OCH3 is 1. The van der Waals surface area contributed by atoms with E-state index in [2.05, 4.69) is 30.7 Å². The lowest BCUT2D eigenvalue weighted by molar-refractivity contribution is 0.397. The Morgan fingerprint density at radius 2 is 1.88 bits per heavy atom. The second-order valence-corrected chi connectivity index (χ2v) is 9.52. The van der Waals surface area contributed by atoms with Gasteiger partial charge < -0.3 is 4.74 Å². The van der Waals surface area contributed by atoms with Crippen LogP contribution in [-0.2, 0) is 10.0 Å². The molecule has 0 radical (unpaired) electrons. The third-order valence-electron chi connectivity index (χ3n) is 5.36. The molecule has 0 spiro atoms. The summed E-state index contributed by atoms with van der Waals surface area (Å²) in [6.45, 7) is 0.551. The highest BCUT2D eigenvalue weighted by Crippen LogP contribution is 2.43. The summed E-state index contributed by atoms with van der Waals surface area (Å²) in [6, 6.07) is 13.0. The topological polar surface area (TPSA) is 106 Å². The number of sulfonamides is 1. The van der Waals surface area contributed by atoms with Crippen LogP contribution in [0.15, 0.2) is 89.8 Å². The first-order chi connectivity index (χ1) is 16.4. The Kier molecular flexibility index (Phi) is 7.12. The predicted octanol–water partition coefficient (Wildman–Crippen LogP) is 3.73. The van der Waals surface area contributed by atoms with E-state index in [1.54, 1.807) is 37.9 Å². The van der Waals surface area contributed by atoms with E-state index < -0.39 is 10.0 Å². The number of allylic oxidation sites excluding steroid dienone is 3. The molecule has 3 aromatic rings. The minimum Gasteiger partial charge on any atom is -0.481 e. The molecule has 4 heterocycles. The van der Waals surface area contributed by atoms with Crippen molar-refractivity contribution in [2.75, 3.05) is 24.6 Å². The van der Waals surface area contributed by atoms with Crippen molar-refractivity contribution in [3.8, 4) is 5.88 Å². The van der Waals surface area contributed by atoms with Crippen LogP contribution in [0.2, 0.25) is 0 Å². The Hall–Kier alpha value is -3.85. The fraction of sp³-hybridized carbons (Fsp3) is 0.200. The fourth-order valence-corrected chi connectivity index (χ4v) is 4.47. The van der Waals surface area contributed by atoms with Crippen molar-refractivity contribution in [2.24, 2.45) is 4.99 Å². The molecule has 0 amide bonds. The van der Waals surface area contributed by atoms with Gasteiger partial charge in [-0.25, -0.2) is 18.4 Å². The summed E-state index contributed by atoms with van der Waals surface area (Å²) in [5.41, 5.74) is 3.63. The maximum absolute atomic E-state index is 11.8. The van der Waals surface area contributed by atoms with Crippen LogP contribution in [0.4, 0.5) is 5.82 Å². The van der Waals surface area contributed by atoms with E-state index in [1.807, 2.05) is 48.7 Å². The molecule has 174 valence electrons. The molecule has 0 fully saturated rings. The van der Waals surface area contributed by atoms with E-state index in [9.17, 15) is 8.42 Å². The number of nitrogens with zero attached hydrogens (tertiary/aromatic N) is 4. The van der Waals surface area contributed by atoms with Crippen molar-refractivity contribution in [1.29, 1.82) is 0 Å². The zero-order chi connectivity index (χ0) is 24.0. The number of pyridine rings is 3. The monoisotopic (exact) mass is 475 g/mol. The Morgan fingerprint density at radius 1 is 1.03 bits per heavy atom. The van der Waals surface area contributed by atoms with Gasteiger partial charge in [0.2, 0.25) is 15.9 Å². The molecule has 4 rings (SSSR count). The van der Waals surface area contributed by atoms with Crippen molar-refractivity contribution in [3.05, 3.63) is 102 Å². The lowest BCUT2D eigenvalue weighted by Crippen LogP contribution is -2.18. The summed E-state index contributed by atoms with van der Waals surface area (Å²) in [7, 11) is -1.91. The molecule has 0 aromatic carbocycles. The van der Waals surface area contributed by atoms with E-state index in [-0.39, 0.29) is 17.7 Å². The van der Waals surface area contributed by atoms with E-state index in [0.717, 1.165) is 23.0 Å². The molecular formula is C25H25N5O3S. The average Bonchev–Trinajstić information content (AvgIpc) is 3.11. The molecule has 2 atom stereocenters. The van der Waals surface area contributed by atoms with Gasteiger partial charge in [0, 0.05) is 42.7 Å². The highest BCUT2D eigenvalue weighted by molar-refractivity contribution is 7.92. The number of aromatic nitrogens is 3. The van der Waals surface area contributed by atoms with Crippen LogP contribution in [0, 0.1) is 0 Å². The van der Waals surface area contributed by atoms with Crippen LogP contribution in [0.5, 0.6) is 5.88 Å². The summed E-state index contributed by atoms with van der Waals surface area (Å²) >= 11 is 0. The minimum absolute atomic E-state index is 0.178. The zero-order valence-corrected chi connectivity index (χ0v) is 19.7. The highest BCUT2D eigenvalue weighted by atomic mass is 32.2. The van der Waals surface area contributed by atoms with Gasteiger partial charge in [-0.3, -0.25) is 14.7 Å². The smallest absolute Gasteiger partial charge is 0.230 e. The van der Waals surface area contributed by atoms with Crippen LogP contribution in [0.25, 0.3) is 0 Å². The lowest BCUT2D eigenvalue weighted by Gasteiger charge is -2.29. The Labute approximate surface area is 199 Å². The van der Waals surface area contributed by atoms with Crippen LogP contribution < -0.4 is 9.46 Å². The number of hydrogen-bond donors (Lipinski definition) is 1. The molecule has 1 N–H and O–H groups in total. The molecular weight excluding hydrogens is 450 g/mol. The van der Waals surface area contributed by atoms with Gasteiger partial charge in [0.1, 0.15) is 5.82 Å². The molecule has 0 aliphatic carbocycles. The molecule has 2 unspecified atom stereocenters. The second kappa shape index (κ2) is 10.4. The molecule has 3 aromatic heterocycles. The van der Waals surface area contributed by atoms with E-state index in [1.165, 1.54) is 0 Å². The molecule has 9 heteroatoms. The zero-order valence-electron chi connectivity index (χ0n) is 18.9. The van der Waals surface area contributed by atoms with Crippen molar-refractivity contribution in [3.63, 3.8) is 0 Å². The lowest BCUT2D eigenvalue weighted by atomic mass is 9.75. The number of aliphatic imine (C=N–C) groups is 1. The van der Waals surface area contributed by atoms with Gasteiger partial charge in [-0.2, -0.15) is 0 Å². The number of hydrogen-bond acceptors (Lipinski definition) is 7. The third-order valence-corrected chi connectivity index (χ3v) is 5.94. The van der Waals surface area contributed by atoms with Crippen LogP contribution >= 0.6 is 0 Å². The summed E-state index contributed by atoms with van der Waals surface area (Å²) in [6.07, 6.45) is 14.3. The summed E-state index contributed by atoms with van der Waals surface area (Å²) in [5.74, 6) is 0.286. The van der Waals surface area contributed by atoms with Crippen molar-refractivity contribution in [2.45, 2.75) is 11.8 Å². The maximum atomic E-state index is 11.8. The third kappa shape index (κ3) is 5.74. The largest absolute Gasteiger partial charge is 0.481 e. The van der Waals surface area contributed by atoms with E-state index in [0.29, 0.717) is 18.1 Å². The van der Waals surface area contributed by atoms with Crippen LogP contribution in [0.3, 0.4) is 0 Å². The van der Waals surface area contributed by atoms with Crippen LogP contribution in [0.1, 0.15) is 28.7 Å². The second-order valence-electron chi connectivity index (χ2n) is 7.77. The van der Waals surface area contributed by atoms with Gasteiger partial charge in [0.15, 0.2) is 0 Å². The normalized spacial score (nSPS) is 15.2. The van der Waals surface area contributed by atoms with Gasteiger partial charge >= 0.3 is 0 Å². The molecule has 1 aliphatic rings. The molecule has 0 bridgehead atoms. The van der Waals surface area contributed by atoms with Gasteiger partial charge in [-0.1, -0.05) is 30.4 Å². The summed E-state index contributed by atoms with van der Waals surface area (Å²) in [5, 5.41) is 0. The van der Waals surface area contributed by atoms with Gasteiger partial charge in [-0.05, 0) is 41.0 Å². The predicted molar refractivity (Wildman–Crippen MR) is 133 cm³/mol. The van der Waals surface area contributed by atoms with Gasteiger partial charge in [0.05, 0.1) is 25.6 Å². The van der Waals surface area contributed by atoms with Gasteiger partial charge in [0.25, 0.3) is 0 Å². The van der Waals surface area contributed by atoms with Crippen molar-refractivity contribution < 1.29 is 13.2 Å². The number of rotatable bonds is 8. The number of nitrogens with one attached hydrogen (secondary N) is 1. The average molecular weight is 476 g/mol. The molecule has 0 saturated carbocycles. The molecule has 1 aliphatic heterocycles. The summed E-state index contributed by atoms with van der Waals surface area (Å²) in [4.78, 5) is 17.8. The Balaban J connectivity index is 1.91. The molecule has 34 heavy (non-hydrogen) atoms. The first-order valence-electron chi connectivity index (χ1n) is 10.7. The minimum atomic E-state index is -3.48. The number of anilines is 1. The van der Waals surface area contributed by atoms with E-state index in [4.69, 9.17) is 4.74 Å². The molecule has 8 nitrogen and oxygen atoms in total. The Morgan fingerprint density at radius 3 is 2.59 bits per heavy atom. The fourth-order valence-electron chi connectivity index (χ4n) is 3.97.